The number of ether oxygens (including phenoxy) is 3. The Morgan fingerprint density at radius 1 is 1.09 bits per heavy atom. The summed E-state index contributed by atoms with van der Waals surface area (Å²) in [5.74, 6) is 1.77. The van der Waals surface area contributed by atoms with E-state index in [2.05, 4.69) is 30.6 Å². The largest absolute Gasteiger partial charge is 0.494 e. The highest BCUT2D eigenvalue weighted by molar-refractivity contribution is 6.06. The smallest absolute Gasteiger partial charge is 0.220 e. The van der Waals surface area contributed by atoms with Crippen molar-refractivity contribution in [3.8, 4) is 23.1 Å². The lowest BCUT2D eigenvalue weighted by molar-refractivity contribution is -0.121. The minimum Gasteiger partial charge on any atom is -0.494 e. The van der Waals surface area contributed by atoms with Crippen molar-refractivity contribution in [2.75, 3.05) is 39.2 Å². The fourth-order valence-corrected chi connectivity index (χ4v) is 3.56. The van der Waals surface area contributed by atoms with Crippen molar-refractivity contribution >= 4 is 34.7 Å². The van der Waals surface area contributed by atoms with Crippen molar-refractivity contribution in [1.29, 1.82) is 0 Å². The van der Waals surface area contributed by atoms with Gasteiger partial charge in [0.15, 0.2) is 17.4 Å². The summed E-state index contributed by atoms with van der Waals surface area (Å²) in [5, 5.41) is 17.2. The summed E-state index contributed by atoms with van der Waals surface area (Å²) in [6.45, 7) is 1.43. The molecule has 1 amide bonds. The van der Waals surface area contributed by atoms with Gasteiger partial charge in [-0.1, -0.05) is 0 Å². The molecule has 3 heterocycles. The number of amides is 1. The standard InChI is InChI=1S/C22H26N6O5/c1-31-15-9-13-10-16(19(15)32-2)33-8-3-5-17(29)23-6-4-7-24-20-18-14(11-25-13)22(30)28-21(18)27-12-26-20/h9-12,30H,3-8H2,1-2H3,(H,23,29)(H2,24,26,27,28). The predicted octanol–water partition coefficient (Wildman–Crippen LogP) is 2.52. The first-order valence-electron chi connectivity index (χ1n) is 10.6. The summed E-state index contributed by atoms with van der Waals surface area (Å²) in [6, 6.07) is 3.41. The van der Waals surface area contributed by atoms with Crippen LogP contribution in [-0.2, 0) is 4.79 Å². The zero-order chi connectivity index (χ0) is 23.2. The molecule has 0 fully saturated rings. The fraction of sp³-hybridized carbons (Fsp3) is 0.364. The summed E-state index contributed by atoms with van der Waals surface area (Å²) in [5.41, 5.74) is 1.45. The Labute approximate surface area is 190 Å². The minimum absolute atomic E-state index is 0.0371. The van der Waals surface area contributed by atoms with E-state index in [0.717, 1.165) is 0 Å². The number of hydrogen-bond donors (Lipinski definition) is 4. The highest BCUT2D eigenvalue weighted by Crippen LogP contribution is 2.41. The summed E-state index contributed by atoms with van der Waals surface area (Å²) in [7, 11) is 3.05. The third kappa shape index (κ3) is 4.92. The Bertz CT molecular complexity index is 1180. The van der Waals surface area contributed by atoms with E-state index in [-0.39, 0.29) is 11.8 Å². The molecule has 1 aliphatic rings. The van der Waals surface area contributed by atoms with Crippen LogP contribution in [0.15, 0.2) is 23.5 Å². The van der Waals surface area contributed by atoms with Crippen LogP contribution in [0.5, 0.6) is 23.1 Å². The zero-order valence-electron chi connectivity index (χ0n) is 18.5. The molecule has 0 saturated heterocycles. The van der Waals surface area contributed by atoms with Crippen molar-refractivity contribution in [2.45, 2.75) is 19.3 Å². The van der Waals surface area contributed by atoms with E-state index in [1.807, 2.05) is 0 Å². The second-order valence-corrected chi connectivity index (χ2v) is 7.35. The minimum atomic E-state index is -0.0732. The number of nitrogens with one attached hydrogen (secondary N) is 3. The number of nitrogens with zero attached hydrogens (tertiary/aromatic N) is 3. The van der Waals surface area contributed by atoms with Crippen LogP contribution in [-0.4, -0.2) is 66.1 Å². The molecule has 174 valence electrons. The van der Waals surface area contributed by atoms with Gasteiger partial charge >= 0.3 is 0 Å². The van der Waals surface area contributed by atoms with Gasteiger partial charge in [0, 0.05) is 37.9 Å². The van der Waals surface area contributed by atoms with Gasteiger partial charge in [0.25, 0.3) is 0 Å². The molecular formula is C22H26N6O5. The Morgan fingerprint density at radius 3 is 2.76 bits per heavy atom. The van der Waals surface area contributed by atoms with Gasteiger partial charge in [-0.3, -0.25) is 9.79 Å². The molecule has 0 saturated carbocycles. The van der Waals surface area contributed by atoms with E-state index < -0.39 is 0 Å². The molecule has 11 heteroatoms. The van der Waals surface area contributed by atoms with Gasteiger partial charge < -0.3 is 34.9 Å². The van der Waals surface area contributed by atoms with E-state index in [1.165, 1.54) is 26.8 Å². The number of hydrogen-bond acceptors (Lipinski definition) is 9. The maximum Gasteiger partial charge on any atom is 0.220 e. The van der Waals surface area contributed by atoms with E-state index in [9.17, 15) is 9.90 Å². The van der Waals surface area contributed by atoms with Crippen LogP contribution in [0.4, 0.5) is 11.5 Å². The number of aromatic nitrogens is 3. The first kappa shape index (κ1) is 22.2. The van der Waals surface area contributed by atoms with Gasteiger partial charge in [-0.05, 0) is 12.8 Å². The van der Waals surface area contributed by atoms with Crippen molar-refractivity contribution in [2.24, 2.45) is 4.99 Å². The second-order valence-electron chi connectivity index (χ2n) is 7.35. The number of methoxy groups -OCH3 is 2. The molecule has 0 aliphatic carbocycles. The van der Waals surface area contributed by atoms with Gasteiger partial charge in [0.05, 0.1) is 37.5 Å². The summed E-state index contributed by atoms with van der Waals surface area (Å²) in [6.07, 6.45) is 4.55. The van der Waals surface area contributed by atoms with E-state index in [1.54, 1.807) is 12.1 Å². The molecule has 11 nitrogen and oxygen atoms in total. The molecule has 33 heavy (non-hydrogen) atoms. The number of aliphatic imine (C=N–C) groups is 1. The topological polar surface area (TPSA) is 143 Å². The Hall–Kier alpha value is -4.02. The van der Waals surface area contributed by atoms with Crippen LogP contribution in [0.3, 0.4) is 0 Å². The monoisotopic (exact) mass is 454 g/mol. The number of carbonyl (C=O) groups excluding carboxylic acids is 1. The van der Waals surface area contributed by atoms with Gasteiger partial charge in [-0.2, -0.15) is 0 Å². The molecular weight excluding hydrogens is 428 g/mol. The summed E-state index contributed by atoms with van der Waals surface area (Å²) < 4.78 is 16.8. The van der Waals surface area contributed by atoms with Crippen molar-refractivity contribution in [1.82, 2.24) is 20.3 Å². The van der Waals surface area contributed by atoms with E-state index in [4.69, 9.17) is 14.2 Å². The van der Waals surface area contributed by atoms with Crippen LogP contribution < -0.4 is 24.8 Å². The SMILES string of the molecule is COc1cc2cc(c1OC)OCCCC(=O)NCCCNc1ncnc3[nH]c(O)c(c13)C=N2. The van der Waals surface area contributed by atoms with Crippen LogP contribution in [0.25, 0.3) is 11.0 Å². The number of aromatic amines is 1. The predicted molar refractivity (Wildman–Crippen MR) is 123 cm³/mol. The second kappa shape index (κ2) is 10.1. The highest BCUT2D eigenvalue weighted by Gasteiger charge is 2.17. The summed E-state index contributed by atoms with van der Waals surface area (Å²) >= 11 is 0. The molecule has 0 unspecified atom stereocenters. The molecule has 1 aromatic carbocycles. The maximum atomic E-state index is 12.1. The molecule has 2 aromatic heterocycles. The van der Waals surface area contributed by atoms with Gasteiger partial charge in [-0.25, -0.2) is 9.97 Å². The Kier molecular flexibility index (Phi) is 6.77. The molecule has 2 bridgehead atoms. The number of aromatic hydroxyl groups is 1. The molecule has 0 radical (unpaired) electrons. The number of rotatable bonds is 2. The van der Waals surface area contributed by atoms with Gasteiger partial charge in [0.1, 0.15) is 17.8 Å². The highest BCUT2D eigenvalue weighted by atomic mass is 16.5. The number of H-pyrrole nitrogens is 1. The normalized spacial score (nSPS) is 15.0. The van der Waals surface area contributed by atoms with Crippen molar-refractivity contribution < 1.29 is 24.1 Å². The number of carbonyl (C=O) groups is 1. The van der Waals surface area contributed by atoms with Crippen LogP contribution in [0, 0.1) is 0 Å². The number of fused-ring (bicyclic) bond motifs is 2. The quantitative estimate of drug-likeness (QED) is 0.463. The van der Waals surface area contributed by atoms with Gasteiger partial charge in [-0.15, -0.1) is 0 Å². The molecule has 0 atom stereocenters. The average molecular weight is 454 g/mol. The van der Waals surface area contributed by atoms with Crippen molar-refractivity contribution in [3.05, 3.63) is 24.0 Å². The average Bonchev–Trinajstić information content (AvgIpc) is 3.14. The Balaban J connectivity index is 1.77. The van der Waals surface area contributed by atoms with Gasteiger partial charge in [0.2, 0.25) is 11.7 Å². The zero-order valence-corrected chi connectivity index (χ0v) is 18.5. The van der Waals surface area contributed by atoms with Crippen molar-refractivity contribution in [3.63, 3.8) is 0 Å². The third-order valence-corrected chi connectivity index (χ3v) is 5.15. The van der Waals surface area contributed by atoms with Crippen LogP contribution in [0.1, 0.15) is 24.8 Å². The van der Waals surface area contributed by atoms with Crippen LogP contribution >= 0.6 is 0 Å². The fourth-order valence-electron chi connectivity index (χ4n) is 3.56. The van der Waals surface area contributed by atoms with Crippen LogP contribution in [0.2, 0.25) is 0 Å². The first-order chi connectivity index (χ1) is 16.1. The molecule has 0 spiro atoms. The van der Waals surface area contributed by atoms with E-state index in [0.29, 0.717) is 84.3 Å². The lowest BCUT2D eigenvalue weighted by atomic mass is 10.2. The lowest BCUT2D eigenvalue weighted by Crippen LogP contribution is -2.26. The summed E-state index contributed by atoms with van der Waals surface area (Å²) in [4.78, 5) is 28.0. The first-order valence-corrected chi connectivity index (χ1v) is 10.6. The third-order valence-electron chi connectivity index (χ3n) is 5.15. The molecule has 4 rings (SSSR count). The number of anilines is 1. The molecule has 1 aliphatic heterocycles. The molecule has 4 N–H and O–H groups in total. The molecule has 3 aromatic rings. The number of benzene rings is 1. The lowest BCUT2D eigenvalue weighted by Gasteiger charge is -2.15. The maximum absolute atomic E-state index is 12.1. The Morgan fingerprint density at radius 2 is 1.94 bits per heavy atom. The van der Waals surface area contributed by atoms with E-state index >= 15 is 0 Å².